The van der Waals surface area contributed by atoms with Crippen LogP contribution in [0.25, 0.3) is 10.6 Å². The van der Waals surface area contributed by atoms with Gasteiger partial charge in [-0.25, -0.2) is 4.39 Å². The van der Waals surface area contributed by atoms with Crippen molar-refractivity contribution in [3.8, 4) is 10.6 Å². The molecule has 6 heteroatoms. The molecule has 1 heterocycles. The van der Waals surface area contributed by atoms with Gasteiger partial charge in [-0.15, -0.1) is 10.2 Å². The molecule has 3 rings (SSSR count). The first-order valence-corrected chi connectivity index (χ1v) is 7.84. The second-order valence-electron chi connectivity index (χ2n) is 4.61. The molecule has 1 fully saturated rings. The van der Waals surface area contributed by atoms with E-state index in [0.29, 0.717) is 4.47 Å². The highest BCUT2D eigenvalue weighted by molar-refractivity contribution is 9.10. The minimum Gasteiger partial charge on any atom is -0.314 e. The van der Waals surface area contributed by atoms with Gasteiger partial charge in [-0.05, 0) is 47.0 Å². The van der Waals surface area contributed by atoms with E-state index in [-0.39, 0.29) is 5.82 Å². The lowest BCUT2D eigenvalue weighted by atomic mass is 10.2. The van der Waals surface area contributed by atoms with Gasteiger partial charge in [-0.3, -0.25) is 0 Å². The quantitative estimate of drug-likeness (QED) is 0.905. The first kappa shape index (κ1) is 13.1. The molecule has 1 aliphatic rings. The molecule has 0 amide bonds. The highest BCUT2D eigenvalue weighted by Crippen LogP contribution is 2.27. The van der Waals surface area contributed by atoms with E-state index < -0.39 is 0 Å². The second kappa shape index (κ2) is 5.64. The standard InChI is InChI=1S/C13H13BrFN3S/c14-10-7-8(1-4-11(10)15)13-18-17-12(19-13)5-6-16-9-2-3-9/h1,4,7,9,16H,2-3,5-6H2. The Morgan fingerprint density at radius 2 is 2.21 bits per heavy atom. The van der Waals surface area contributed by atoms with Crippen molar-refractivity contribution < 1.29 is 4.39 Å². The molecule has 1 saturated carbocycles. The lowest BCUT2D eigenvalue weighted by Crippen LogP contribution is -2.19. The monoisotopic (exact) mass is 341 g/mol. The summed E-state index contributed by atoms with van der Waals surface area (Å²) in [4.78, 5) is 0. The average Bonchev–Trinajstić information content (AvgIpc) is 3.10. The zero-order chi connectivity index (χ0) is 13.2. The number of halogens is 2. The smallest absolute Gasteiger partial charge is 0.147 e. The highest BCUT2D eigenvalue weighted by Gasteiger charge is 2.20. The van der Waals surface area contributed by atoms with Gasteiger partial charge in [0.05, 0.1) is 4.47 Å². The summed E-state index contributed by atoms with van der Waals surface area (Å²) in [5, 5.41) is 13.7. The third-order valence-corrected chi connectivity index (χ3v) is 4.62. The van der Waals surface area contributed by atoms with E-state index in [0.717, 1.165) is 34.6 Å². The lowest BCUT2D eigenvalue weighted by molar-refractivity contribution is 0.621. The number of hydrogen-bond acceptors (Lipinski definition) is 4. The van der Waals surface area contributed by atoms with Gasteiger partial charge in [0.1, 0.15) is 15.8 Å². The fraction of sp³-hybridized carbons (Fsp3) is 0.385. The molecule has 1 aromatic carbocycles. The van der Waals surface area contributed by atoms with E-state index in [1.54, 1.807) is 23.5 Å². The Morgan fingerprint density at radius 1 is 1.37 bits per heavy atom. The van der Waals surface area contributed by atoms with Gasteiger partial charge >= 0.3 is 0 Å². The van der Waals surface area contributed by atoms with Gasteiger partial charge in [0.15, 0.2) is 0 Å². The predicted molar refractivity (Wildman–Crippen MR) is 77.7 cm³/mol. The maximum atomic E-state index is 13.2. The van der Waals surface area contributed by atoms with Gasteiger partial charge in [0.25, 0.3) is 0 Å². The Kier molecular flexibility index (Phi) is 3.91. The topological polar surface area (TPSA) is 37.8 Å². The third kappa shape index (κ3) is 3.38. The van der Waals surface area contributed by atoms with E-state index in [9.17, 15) is 4.39 Å². The maximum absolute atomic E-state index is 13.2. The summed E-state index contributed by atoms with van der Waals surface area (Å²) in [5.41, 5.74) is 0.896. The molecule has 2 aromatic rings. The lowest BCUT2D eigenvalue weighted by Gasteiger charge is -1.98. The van der Waals surface area contributed by atoms with E-state index >= 15 is 0 Å². The summed E-state index contributed by atoms with van der Waals surface area (Å²) in [6, 6.07) is 5.63. The molecular weight excluding hydrogens is 329 g/mol. The molecule has 1 aliphatic carbocycles. The van der Waals surface area contributed by atoms with Crippen molar-refractivity contribution in [2.24, 2.45) is 0 Å². The fourth-order valence-corrected chi connectivity index (χ4v) is 2.99. The molecule has 1 aromatic heterocycles. The van der Waals surface area contributed by atoms with Crippen molar-refractivity contribution in [1.82, 2.24) is 15.5 Å². The molecular formula is C13H13BrFN3S. The summed E-state index contributed by atoms with van der Waals surface area (Å²) in [7, 11) is 0. The van der Waals surface area contributed by atoms with Crippen molar-refractivity contribution in [1.29, 1.82) is 0 Å². The Bertz CT molecular complexity index is 583. The Labute approximate surface area is 123 Å². The van der Waals surface area contributed by atoms with Crippen LogP contribution in [0.2, 0.25) is 0 Å². The molecule has 100 valence electrons. The first-order valence-electron chi connectivity index (χ1n) is 6.23. The zero-order valence-corrected chi connectivity index (χ0v) is 12.6. The number of nitrogens with zero attached hydrogens (tertiary/aromatic N) is 2. The normalized spacial score (nSPS) is 14.8. The molecule has 0 atom stereocenters. The maximum Gasteiger partial charge on any atom is 0.147 e. The first-order chi connectivity index (χ1) is 9.22. The Hall–Kier alpha value is -0.850. The number of hydrogen-bond donors (Lipinski definition) is 1. The number of rotatable bonds is 5. The summed E-state index contributed by atoms with van der Waals surface area (Å²) < 4.78 is 13.6. The minimum atomic E-state index is -0.262. The summed E-state index contributed by atoms with van der Waals surface area (Å²) >= 11 is 4.75. The molecule has 3 nitrogen and oxygen atoms in total. The summed E-state index contributed by atoms with van der Waals surface area (Å²) in [6.07, 6.45) is 3.49. The summed E-state index contributed by atoms with van der Waals surface area (Å²) in [5.74, 6) is -0.262. The van der Waals surface area contributed by atoms with Gasteiger partial charge < -0.3 is 5.32 Å². The van der Waals surface area contributed by atoms with Crippen LogP contribution >= 0.6 is 27.3 Å². The van der Waals surface area contributed by atoms with Crippen LogP contribution < -0.4 is 5.32 Å². The van der Waals surface area contributed by atoms with E-state index in [1.807, 2.05) is 0 Å². The van der Waals surface area contributed by atoms with Crippen LogP contribution in [0, 0.1) is 5.82 Å². The van der Waals surface area contributed by atoms with Gasteiger partial charge in [0, 0.05) is 24.6 Å². The Balaban J connectivity index is 1.67. The molecule has 19 heavy (non-hydrogen) atoms. The predicted octanol–water partition coefficient (Wildman–Crippen LogP) is 3.40. The van der Waals surface area contributed by atoms with Crippen molar-refractivity contribution in [2.75, 3.05) is 6.54 Å². The van der Waals surface area contributed by atoms with Crippen molar-refractivity contribution in [3.05, 3.63) is 33.5 Å². The van der Waals surface area contributed by atoms with Crippen LogP contribution in [0.3, 0.4) is 0 Å². The molecule has 0 radical (unpaired) electrons. The number of aromatic nitrogens is 2. The largest absolute Gasteiger partial charge is 0.314 e. The highest BCUT2D eigenvalue weighted by atomic mass is 79.9. The van der Waals surface area contributed by atoms with Crippen LogP contribution in [0.4, 0.5) is 4.39 Å². The third-order valence-electron chi connectivity index (χ3n) is 2.98. The van der Waals surface area contributed by atoms with Crippen LogP contribution in [-0.2, 0) is 6.42 Å². The van der Waals surface area contributed by atoms with Crippen LogP contribution in [0.15, 0.2) is 22.7 Å². The minimum absolute atomic E-state index is 0.262. The number of benzene rings is 1. The zero-order valence-electron chi connectivity index (χ0n) is 10.2. The second-order valence-corrected chi connectivity index (χ2v) is 6.52. The fourth-order valence-electron chi connectivity index (χ4n) is 1.77. The molecule has 0 unspecified atom stereocenters. The van der Waals surface area contributed by atoms with E-state index in [2.05, 4.69) is 31.4 Å². The average molecular weight is 342 g/mol. The van der Waals surface area contributed by atoms with E-state index in [1.165, 1.54) is 18.9 Å². The molecule has 0 bridgehead atoms. The number of nitrogens with one attached hydrogen (secondary N) is 1. The van der Waals surface area contributed by atoms with Crippen LogP contribution in [0.5, 0.6) is 0 Å². The SMILES string of the molecule is Fc1ccc(-c2nnc(CCNC3CC3)s2)cc1Br. The molecule has 0 spiro atoms. The van der Waals surface area contributed by atoms with Gasteiger partial charge in [-0.1, -0.05) is 11.3 Å². The van der Waals surface area contributed by atoms with E-state index in [4.69, 9.17) is 0 Å². The molecule has 0 saturated heterocycles. The van der Waals surface area contributed by atoms with Crippen molar-refractivity contribution in [2.45, 2.75) is 25.3 Å². The Morgan fingerprint density at radius 3 is 2.95 bits per heavy atom. The van der Waals surface area contributed by atoms with Crippen molar-refractivity contribution in [3.63, 3.8) is 0 Å². The molecule has 1 N–H and O–H groups in total. The van der Waals surface area contributed by atoms with Crippen LogP contribution in [-0.4, -0.2) is 22.8 Å². The molecule has 0 aliphatic heterocycles. The summed E-state index contributed by atoms with van der Waals surface area (Å²) in [6.45, 7) is 0.951. The van der Waals surface area contributed by atoms with Crippen LogP contribution in [0.1, 0.15) is 17.8 Å². The van der Waals surface area contributed by atoms with Gasteiger partial charge in [0.2, 0.25) is 0 Å². The van der Waals surface area contributed by atoms with Crippen molar-refractivity contribution >= 4 is 27.3 Å². The van der Waals surface area contributed by atoms with Gasteiger partial charge in [-0.2, -0.15) is 0 Å².